The zero-order valence-corrected chi connectivity index (χ0v) is 14.2. The van der Waals surface area contributed by atoms with Gasteiger partial charge in [0.05, 0.1) is 23.2 Å². The fraction of sp³-hybridized carbons (Fsp3) is 0.188. The van der Waals surface area contributed by atoms with E-state index < -0.39 is 15.8 Å². The van der Waals surface area contributed by atoms with Gasteiger partial charge >= 0.3 is 5.76 Å². The fourth-order valence-electron chi connectivity index (χ4n) is 2.48. The van der Waals surface area contributed by atoms with Crippen molar-refractivity contribution in [2.24, 2.45) is 7.05 Å². The highest BCUT2D eigenvalue weighted by Gasteiger charge is 2.21. The van der Waals surface area contributed by atoms with E-state index in [2.05, 4.69) is 4.72 Å². The summed E-state index contributed by atoms with van der Waals surface area (Å²) in [5.41, 5.74) is 1.58. The third kappa shape index (κ3) is 2.65. The van der Waals surface area contributed by atoms with Gasteiger partial charge in [-0.3, -0.25) is 9.29 Å². The van der Waals surface area contributed by atoms with Crippen molar-refractivity contribution >= 4 is 26.8 Å². The average Bonchev–Trinajstić information content (AvgIpc) is 2.81. The number of para-hydroxylation sites is 2. The minimum absolute atomic E-state index is 0.0373. The lowest BCUT2D eigenvalue weighted by Crippen LogP contribution is -2.15. The summed E-state index contributed by atoms with van der Waals surface area (Å²) in [6, 6.07) is 9.66. The van der Waals surface area contributed by atoms with Crippen molar-refractivity contribution in [3.8, 4) is 5.75 Å². The lowest BCUT2D eigenvalue weighted by Gasteiger charge is -2.13. The molecule has 2 aromatic carbocycles. The Labute approximate surface area is 138 Å². The number of benzene rings is 2. The predicted octanol–water partition coefficient (Wildman–Crippen LogP) is 2.25. The van der Waals surface area contributed by atoms with Gasteiger partial charge in [-0.25, -0.2) is 13.2 Å². The van der Waals surface area contributed by atoms with Crippen LogP contribution < -0.4 is 15.2 Å². The van der Waals surface area contributed by atoms with Gasteiger partial charge in [-0.2, -0.15) is 0 Å². The number of aromatic nitrogens is 1. The second-order valence-electron chi connectivity index (χ2n) is 5.32. The van der Waals surface area contributed by atoms with Crippen LogP contribution in [0.3, 0.4) is 0 Å². The molecule has 0 spiro atoms. The number of nitrogens with zero attached hydrogens (tertiary/aromatic N) is 1. The summed E-state index contributed by atoms with van der Waals surface area (Å²) >= 11 is 0. The molecule has 0 aliphatic heterocycles. The third-order valence-corrected chi connectivity index (χ3v) is 5.24. The van der Waals surface area contributed by atoms with Gasteiger partial charge in [0.2, 0.25) is 0 Å². The van der Waals surface area contributed by atoms with Crippen molar-refractivity contribution in [3.63, 3.8) is 0 Å². The van der Waals surface area contributed by atoms with Crippen LogP contribution in [-0.4, -0.2) is 20.1 Å². The van der Waals surface area contributed by atoms with Crippen LogP contribution in [0, 0.1) is 6.92 Å². The van der Waals surface area contributed by atoms with E-state index in [1.54, 1.807) is 44.3 Å². The quantitative estimate of drug-likeness (QED) is 0.781. The van der Waals surface area contributed by atoms with Crippen LogP contribution >= 0.6 is 0 Å². The maximum atomic E-state index is 12.7. The molecule has 8 heteroatoms. The summed E-state index contributed by atoms with van der Waals surface area (Å²) in [6.45, 7) is 1.66. The Morgan fingerprint density at radius 3 is 2.62 bits per heavy atom. The third-order valence-electron chi connectivity index (χ3n) is 3.73. The summed E-state index contributed by atoms with van der Waals surface area (Å²) in [6.07, 6.45) is 0. The number of hydrogen-bond acceptors (Lipinski definition) is 5. The minimum atomic E-state index is -3.87. The van der Waals surface area contributed by atoms with E-state index in [1.165, 1.54) is 17.7 Å². The number of anilines is 1. The number of hydrogen-bond donors (Lipinski definition) is 1. The van der Waals surface area contributed by atoms with Gasteiger partial charge in [0.15, 0.2) is 5.58 Å². The Bertz CT molecular complexity index is 1080. The van der Waals surface area contributed by atoms with Crippen LogP contribution in [-0.2, 0) is 17.1 Å². The second-order valence-corrected chi connectivity index (χ2v) is 6.97. The minimum Gasteiger partial charge on any atom is -0.495 e. The van der Waals surface area contributed by atoms with Crippen molar-refractivity contribution in [2.75, 3.05) is 11.8 Å². The molecule has 7 nitrogen and oxygen atoms in total. The van der Waals surface area contributed by atoms with Gasteiger partial charge in [0.25, 0.3) is 10.0 Å². The van der Waals surface area contributed by atoms with Crippen molar-refractivity contribution in [2.45, 2.75) is 11.8 Å². The Morgan fingerprint density at radius 1 is 1.21 bits per heavy atom. The van der Waals surface area contributed by atoms with Crippen molar-refractivity contribution in [1.29, 1.82) is 0 Å². The lowest BCUT2D eigenvalue weighted by atomic mass is 10.2. The number of fused-ring (bicyclic) bond motifs is 1. The molecule has 0 radical (unpaired) electrons. The van der Waals surface area contributed by atoms with E-state index in [-0.39, 0.29) is 10.5 Å². The first kappa shape index (κ1) is 16.1. The molecule has 0 atom stereocenters. The maximum absolute atomic E-state index is 12.7. The van der Waals surface area contributed by atoms with E-state index in [1.807, 2.05) is 0 Å². The highest BCUT2D eigenvalue weighted by Crippen LogP contribution is 2.28. The molecule has 126 valence electrons. The van der Waals surface area contributed by atoms with Gasteiger partial charge < -0.3 is 9.15 Å². The monoisotopic (exact) mass is 348 g/mol. The average molecular weight is 348 g/mol. The number of nitrogens with one attached hydrogen (secondary N) is 1. The Balaban J connectivity index is 2.11. The number of methoxy groups -OCH3 is 1. The first-order valence-corrected chi connectivity index (χ1v) is 8.58. The van der Waals surface area contributed by atoms with E-state index in [4.69, 9.17) is 9.15 Å². The molecule has 0 aliphatic rings. The van der Waals surface area contributed by atoms with E-state index in [0.717, 1.165) is 0 Å². The standard InChI is InChI=1S/C16H16N2O5S/c1-10-8-12-14(23-16(19)18(12)2)9-15(10)24(20,21)17-11-6-4-5-7-13(11)22-3/h4-9,17H,1-3H3. The van der Waals surface area contributed by atoms with Crippen LogP contribution in [0.2, 0.25) is 0 Å². The molecule has 3 rings (SSSR count). The highest BCUT2D eigenvalue weighted by molar-refractivity contribution is 7.92. The molecule has 0 amide bonds. The second kappa shape index (κ2) is 5.72. The summed E-state index contributed by atoms with van der Waals surface area (Å²) in [5.74, 6) is -0.136. The first-order chi connectivity index (χ1) is 11.3. The van der Waals surface area contributed by atoms with Crippen LogP contribution in [0.15, 0.2) is 50.5 Å². The molecule has 0 saturated carbocycles. The topological polar surface area (TPSA) is 90.5 Å². The Morgan fingerprint density at radius 2 is 1.92 bits per heavy atom. The molecule has 0 bridgehead atoms. The lowest BCUT2D eigenvalue weighted by molar-refractivity contribution is 0.417. The van der Waals surface area contributed by atoms with Crippen LogP contribution in [0.1, 0.15) is 5.56 Å². The molecule has 0 saturated heterocycles. The number of aryl methyl sites for hydroxylation is 2. The van der Waals surface area contributed by atoms with E-state index in [9.17, 15) is 13.2 Å². The summed E-state index contributed by atoms with van der Waals surface area (Å²) in [7, 11) is -0.847. The number of sulfonamides is 1. The normalized spacial score (nSPS) is 11.6. The molecule has 24 heavy (non-hydrogen) atoms. The fourth-order valence-corrected chi connectivity index (χ4v) is 3.79. The molecule has 1 aromatic heterocycles. The Kier molecular flexibility index (Phi) is 3.84. The summed E-state index contributed by atoms with van der Waals surface area (Å²) in [4.78, 5) is 11.6. The van der Waals surface area contributed by atoms with Gasteiger partial charge in [0, 0.05) is 13.1 Å². The van der Waals surface area contributed by atoms with Gasteiger partial charge in [-0.15, -0.1) is 0 Å². The largest absolute Gasteiger partial charge is 0.495 e. The van der Waals surface area contributed by atoms with Gasteiger partial charge in [-0.05, 0) is 30.7 Å². The van der Waals surface area contributed by atoms with Crippen molar-refractivity contribution < 1.29 is 17.6 Å². The maximum Gasteiger partial charge on any atom is 0.419 e. The number of rotatable bonds is 4. The molecule has 0 fully saturated rings. The van der Waals surface area contributed by atoms with Gasteiger partial charge in [-0.1, -0.05) is 12.1 Å². The predicted molar refractivity (Wildman–Crippen MR) is 90.0 cm³/mol. The molecule has 0 unspecified atom stereocenters. The van der Waals surface area contributed by atoms with Crippen molar-refractivity contribution in [3.05, 3.63) is 52.5 Å². The molecular weight excluding hydrogens is 332 g/mol. The van der Waals surface area contributed by atoms with Crippen LogP contribution in [0.5, 0.6) is 5.75 Å². The SMILES string of the molecule is COc1ccccc1NS(=O)(=O)c1cc2oc(=O)n(C)c2cc1C. The zero-order chi connectivity index (χ0) is 17.5. The van der Waals surface area contributed by atoms with E-state index >= 15 is 0 Å². The summed E-state index contributed by atoms with van der Waals surface area (Å²) in [5, 5.41) is 0. The van der Waals surface area contributed by atoms with Crippen LogP contribution in [0.25, 0.3) is 11.1 Å². The van der Waals surface area contributed by atoms with Gasteiger partial charge in [0.1, 0.15) is 5.75 Å². The highest BCUT2D eigenvalue weighted by atomic mass is 32.2. The number of oxazole rings is 1. The van der Waals surface area contributed by atoms with E-state index in [0.29, 0.717) is 22.5 Å². The molecule has 1 heterocycles. The molecule has 3 aromatic rings. The molecule has 0 aliphatic carbocycles. The van der Waals surface area contributed by atoms with Crippen LogP contribution in [0.4, 0.5) is 5.69 Å². The Hall–Kier alpha value is -2.74. The number of ether oxygens (including phenoxy) is 1. The summed E-state index contributed by atoms with van der Waals surface area (Å²) < 4.78 is 39.5. The molecular formula is C16H16N2O5S. The van der Waals surface area contributed by atoms with Crippen molar-refractivity contribution in [1.82, 2.24) is 4.57 Å². The molecule has 1 N–H and O–H groups in total. The smallest absolute Gasteiger partial charge is 0.419 e. The first-order valence-electron chi connectivity index (χ1n) is 7.09. The zero-order valence-electron chi connectivity index (χ0n) is 13.4.